The van der Waals surface area contributed by atoms with Crippen LogP contribution < -0.4 is 16.4 Å². The molecule has 3 rings (SSSR count). The maximum atomic E-state index is 11.9. The van der Waals surface area contributed by atoms with Gasteiger partial charge in [-0.1, -0.05) is 19.3 Å². The Morgan fingerprint density at radius 2 is 2.08 bits per heavy atom. The molecule has 1 aliphatic rings. The van der Waals surface area contributed by atoms with Crippen LogP contribution in [0.3, 0.4) is 0 Å². The van der Waals surface area contributed by atoms with E-state index in [9.17, 15) is 14.4 Å². The van der Waals surface area contributed by atoms with Crippen molar-refractivity contribution in [2.45, 2.75) is 44.7 Å². The summed E-state index contributed by atoms with van der Waals surface area (Å²) in [5, 5.41) is 8.82. The number of hydrogen-bond acceptors (Lipinski definition) is 6. The number of amides is 3. The van der Waals surface area contributed by atoms with Crippen molar-refractivity contribution in [2.75, 3.05) is 0 Å². The Hall–Kier alpha value is -2.84. The first-order chi connectivity index (χ1) is 11.6. The molecule has 0 radical (unpaired) electrons. The van der Waals surface area contributed by atoms with Gasteiger partial charge in [0.25, 0.3) is 5.89 Å². The lowest BCUT2D eigenvalue weighted by Gasteiger charge is -2.22. The van der Waals surface area contributed by atoms with Crippen LogP contribution in [0.25, 0.3) is 11.7 Å². The lowest BCUT2D eigenvalue weighted by atomic mass is 9.96. The molecule has 0 bridgehead atoms. The fraction of sp³-hybridized carbons (Fsp3) is 0.467. The molecule has 2 aromatic heterocycles. The van der Waals surface area contributed by atoms with Gasteiger partial charge >= 0.3 is 11.8 Å². The van der Waals surface area contributed by atoms with Gasteiger partial charge in [-0.05, 0) is 25.0 Å². The number of aromatic nitrogens is 2. The summed E-state index contributed by atoms with van der Waals surface area (Å²) in [5.74, 6) is -1.19. The lowest BCUT2D eigenvalue weighted by Crippen LogP contribution is -2.46. The molecule has 9 nitrogen and oxygen atoms in total. The number of carbonyl (C=O) groups is 2. The Bertz CT molecular complexity index is 755. The Balaban J connectivity index is 1.55. The minimum absolute atomic E-state index is 0.0237. The fourth-order valence-corrected chi connectivity index (χ4v) is 2.68. The van der Waals surface area contributed by atoms with Gasteiger partial charge in [-0.3, -0.25) is 10.1 Å². The van der Waals surface area contributed by atoms with Gasteiger partial charge in [-0.2, -0.15) is 4.68 Å². The van der Waals surface area contributed by atoms with Crippen molar-refractivity contribution in [3.8, 4) is 11.7 Å². The van der Waals surface area contributed by atoms with E-state index in [-0.39, 0.29) is 17.7 Å². The second kappa shape index (κ2) is 7.16. The highest BCUT2D eigenvalue weighted by atomic mass is 16.4. The molecular weight excluding hydrogens is 316 g/mol. The second-order valence-corrected chi connectivity index (χ2v) is 5.66. The average molecular weight is 334 g/mol. The second-order valence-electron chi connectivity index (χ2n) is 5.66. The largest absolute Gasteiger partial charge is 0.459 e. The third-order valence-corrected chi connectivity index (χ3v) is 3.82. The predicted octanol–water partition coefficient (Wildman–Crippen LogP) is 1.25. The maximum absolute atomic E-state index is 11.9. The van der Waals surface area contributed by atoms with Crippen molar-refractivity contribution in [1.29, 1.82) is 0 Å². The van der Waals surface area contributed by atoms with Crippen LogP contribution in [0, 0.1) is 0 Å². The molecular formula is C15H18N4O5. The maximum Gasteiger partial charge on any atom is 0.437 e. The van der Waals surface area contributed by atoms with E-state index in [4.69, 9.17) is 8.83 Å². The Morgan fingerprint density at radius 1 is 1.29 bits per heavy atom. The van der Waals surface area contributed by atoms with Gasteiger partial charge in [0.1, 0.15) is 6.54 Å². The summed E-state index contributed by atoms with van der Waals surface area (Å²) in [6.07, 6.45) is 6.56. The Morgan fingerprint density at radius 3 is 2.79 bits per heavy atom. The summed E-state index contributed by atoms with van der Waals surface area (Å²) in [5.41, 5.74) is 0. The number of carbonyl (C=O) groups excluding carboxylic acids is 2. The highest BCUT2D eigenvalue weighted by Crippen LogP contribution is 2.17. The smallest absolute Gasteiger partial charge is 0.437 e. The fourth-order valence-electron chi connectivity index (χ4n) is 2.68. The van der Waals surface area contributed by atoms with E-state index in [1.165, 1.54) is 12.7 Å². The molecule has 1 aliphatic carbocycles. The van der Waals surface area contributed by atoms with Crippen molar-refractivity contribution in [1.82, 2.24) is 20.4 Å². The van der Waals surface area contributed by atoms with Gasteiger partial charge < -0.3 is 14.2 Å². The number of furan rings is 1. The van der Waals surface area contributed by atoms with Gasteiger partial charge in [0.05, 0.1) is 6.26 Å². The molecule has 24 heavy (non-hydrogen) atoms. The molecule has 0 saturated heterocycles. The summed E-state index contributed by atoms with van der Waals surface area (Å²) in [7, 11) is 0. The van der Waals surface area contributed by atoms with Crippen LogP contribution in [-0.4, -0.2) is 27.8 Å². The van der Waals surface area contributed by atoms with Gasteiger partial charge in [0.15, 0.2) is 5.76 Å². The van der Waals surface area contributed by atoms with Crippen LogP contribution in [0.5, 0.6) is 0 Å². The SMILES string of the molecule is O=C(Cn1nc(-c2ccco2)oc1=O)NC(=O)NC1CCCCC1. The van der Waals surface area contributed by atoms with Crippen LogP contribution >= 0.6 is 0 Å². The van der Waals surface area contributed by atoms with E-state index in [1.54, 1.807) is 12.1 Å². The van der Waals surface area contributed by atoms with E-state index in [0.29, 0.717) is 0 Å². The molecule has 0 atom stereocenters. The summed E-state index contributed by atoms with van der Waals surface area (Å²) in [6, 6.07) is 2.73. The minimum atomic E-state index is -0.802. The first-order valence-corrected chi connectivity index (χ1v) is 7.84. The van der Waals surface area contributed by atoms with Gasteiger partial charge in [0.2, 0.25) is 5.91 Å². The van der Waals surface area contributed by atoms with E-state index in [0.717, 1.165) is 30.4 Å². The molecule has 1 fully saturated rings. The quantitative estimate of drug-likeness (QED) is 0.868. The summed E-state index contributed by atoms with van der Waals surface area (Å²) in [4.78, 5) is 35.4. The van der Waals surface area contributed by atoms with Crippen LogP contribution in [0.15, 0.2) is 32.0 Å². The van der Waals surface area contributed by atoms with Crippen molar-refractivity contribution in [3.05, 3.63) is 28.9 Å². The molecule has 0 unspecified atom stereocenters. The zero-order valence-corrected chi connectivity index (χ0v) is 13.0. The molecule has 128 valence electrons. The molecule has 9 heteroatoms. The highest BCUT2D eigenvalue weighted by Gasteiger charge is 2.19. The Labute approximate surface area is 137 Å². The number of imide groups is 1. The molecule has 2 N–H and O–H groups in total. The van der Waals surface area contributed by atoms with Gasteiger partial charge in [-0.15, -0.1) is 5.10 Å². The van der Waals surface area contributed by atoms with E-state index < -0.39 is 24.2 Å². The normalized spacial score (nSPS) is 15.2. The number of nitrogens with one attached hydrogen (secondary N) is 2. The first-order valence-electron chi connectivity index (χ1n) is 7.84. The van der Waals surface area contributed by atoms with Crippen LogP contribution in [0.2, 0.25) is 0 Å². The third-order valence-electron chi connectivity index (χ3n) is 3.82. The van der Waals surface area contributed by atoms with Crippen LogP contribution in [0.4, 0.5) is 4.79 Å². The van der Waals surface area contributed by atoms with Crippen LogP contribution in [-0.2, 0) is 11.3 Å². The zero-order valence-electron chi connectivity index (χ0n) is 13.0. The summed E-state index contributed by atoms with van der Waals surface area (Å²) >= 11 is 0. The Kier molecular flexibility index (Phi) is 4.78. The van der Waals surface area contributed by atoms with E-state index in [1.807, 2.05) is 0 Å². The first kappa shape index (κ1) is 16.0. The summed E-state index contributed by atoms with van der Waals surface area (Å²) in [6.45, 7) is -0.416. The van der Waals surface area contributed by atoms with Gasteiger partial charge in [-0.25, -0.2) is 9.59 Å². The van der Waals surface area contributed by atoms with Crippen molar-refractivity contribution < 1.29 is 18.4 Å². The zero-order chi connectivity index (χ0) is 16.9. The monoisotopic (exact) mass is 334 g/mol. The summed E-state index contributed by atoms with van der Waals surface area (Å²) < 4.78 is 10.8. The van der Waals surface area contributed by atoms with Crippen molar-refractivity contribution in [3.63, 3.8) is 0 Å². The molecule has 0 aliphatic heterocycles. The number of hydrogen-bond donors (Lipinski definition) is 2. The molecule has 2 aromatic rings. The van der Waals surface area contributed by atoms with E-state index >= 15 is 0 Å². The topological polar surface area (TPSA) is 119 Å². The van der Waals surface area contributed by atoms with Crippen LogP contribution in [0.1, 0.15) is 32.1 Å². The molecule has 0 aromatic carbocycles. The molecule has 1 saturated carbocycles. The number of urea groups is 1. The highest BCUT2D eigenvalue weighted by molar-refractivity contribution is 5.94. The molecule has 0 spiro atoms. The standard InChI is InChI=1S/C15H18N4O5/c20-12(17-14(21)16-10-5-2-1-3-6-10)9-19-15(22)24-13(18-19)11-7-4-8-23-11/h4,7-8,10H,1-3,5-6,9H2,(H2,16,17,20,21). The average Bonchev–Trinajstić information content (AvgIpc) is 3.18. The lowest BCUT2D eigenvalue weighted by molar-refractivity contribution is -0.120. The minimum Gasteiger partial charge on any atom is -0.459 e. The van der Waals surface area contributed by atoms with Crippen molar-refractivity contribution in [2.24, 2.45) is 0 Å². The van der Waals surface area contributed by atoms with Gasteiger partial charge in [0, 0.05) is 6.04 Å². The molecule has 2 heterocycles. The predicted molar refractivity (Wildman–Crippen MR) is 82.0 cm³/mol. The molecule has 3 amide bonds. The van der Waals surface area contributed by atoms with Crippen molar-refractivity contribution >= 4 is 11.9 Å². The number of rotatable bonds is 4. The van der Waals surface area contributed by atoms with E-state index in [2.05, 4.69) is 15.7 Å². The number of nitrogens with zero attached hydrogens (tertiary/aromatic N) is 2. The third kappa shape index (κ3) is 3.92.